The van der Waals surface area contributed by atoms with Crippen LogP contribution < -0.4 is 10.6 Å². The van der Waals surface area contributed by atoms with Crippen molar-refractivity contribution >= 4 is 11.7 Å². The maximum atomic E-state index is 13.4. The molecule has 1 saturated heterocycles. The lowest BCUT2D eigenvalue weighted by atomic mass is 9.96. The van der Waals surface area contributed by atoms with Gasteiger partial charge in [-0.1, -0.05) is 18.1 Å². The average Bonchev–Trinajstić information content (AvgIpc) is 3.39. The Morgan fingerprint density at radius 2 is 1.94 bits per heavy atom. The van der Waals surface area contributed by atoms with E-state index in [9.17, 15) is 26.7 Å². The number of hydrogen-bond donors (Lipinski definition) is 2. The molecule has 2 aromatic rings. The Kier molecular flexibility index (Phi) is 7.15. The molecule has 2 fully saturated rings. The van der Waals surface area contributed by atoms with Crippen LogP contribution in [0.5, 0.6) is 0 Å². The van der Waals surface area contributed by atoms with Crippen molar-refractivity contribution in [3.8, 4) is 12.3 Å². The van der Waals surface area contributed by atoms with Crippen molar-refractivity contribution < 1.29 is 36.2 Å². The van der Waals surface area contributed by atoms with Crippen LogP contribution in [0.25, 0.3) is 0 Å². The molecule has 1 aromatic carbocycles. The van der Waals surface area contributed by atoms with E-state index in [2.05, 4.69) is 26.5 Å². The summed E-state index contributed by atoms with van der Waals surface area (Å²) in [5, 5.41) is 5.30. The summed E-state index contributed by atoms with van der Waals surface area (Å²) in [4.78, 5) is 20.9. The van der Waals surface area contributed by atoms with Gasteiger partial charge in [-0.25, -0.2) is 18.7 Å². The zero-order valence-corrected chi connectivity index (χ0v) is 19.2. The first-order valence-corrected chi connectivity index (χ1v) is 11.1. The van der Waals surface area contributed by atoms with Gasteiger partial charge in [-0.3, -0.25) is 4.79 Å². The van der Waals surface area contributed by atoms with Gasteiger partial charge >= 0.3 is 6.18 Å². The van der Waals surface area contributed by atoms with E-state index >= 15 is 0 Å². The van der Waals surface area contributed by atoms with Crippen LogP contribution in [0.4, 0.5) is 27.8 Å². The van der Waals surface area contributed by atoms with Crippen LogP contribution >= 0.6 is 0 Å². The average molecular weight is 510 g/mol. The molecule has 1 saturated carbocycles. The van der Waals surface area contributed by atoms with Crippen LogP contribution in [-0.2, 0) is 26.9 Å². The molecular formula is C24H23F5N4O3. The molecule has 0 bridgehead atoms. The summed E-state index contributed by atoms with van der Waals surface area (Å²) in [5.74, 6) is 1.86. The van der Waals surface area contributed by atoms with Crippen molar-refractivity contribution in [3.05, 3.63) is 52.5 Å². The molecule has 2 N–H and O–H groups in total. The van der Waals surface area contributed by atoms with E-state index in [1.54, 1.807) is 0 Å². The van der Waals surface area contributed by atoms with E-state index in [0.717, 1.165) is 12.4 Å². The van der Waals surface area contributed by atoms with Gasteiger partial charge in [-0.2, -0.15) is 13.2 Å². The molecule has 7 nitrogen and oxygen atoms in total. The van der Waals surface area contributed by atoms with Crippen LogP contribution in [0.15, 0.2) is 24.5 Å². The number of nitrogens with one attached hydrogen (secondary N) is 2. The van der Waals surface area contributed by atoms with Gasteiger partial charge in [0, 0.05) is 0 Å². The molecule has 1 atom stereocenters. The molecule has 0 unspecified atom stereocenters. The van der Waals surface area contributed by atoms with E-state index in [-0.39, 0.29) is 60.7 Å². The summed E-state index contributed by atoms with van der Waals surface area (Å²) in [7, 11) is 0. The van der Waals surface area contributed by atoms with Gasteiger partial charge in [0.25, 0.3) is 6.43 Å². The Balaban J connectivity index is 1.65. The molecule has 2 heterocycles. The predicted molar refractivity (Wildman–Crippen MR) is 118 cm³/mol. The maximum Gasteiger partial charge on any atom is 0.416 e. The van der Waals surface area contributed by atoms with E-state index < -0.39 is 41.9 Å². The third kappa shape index (κ3) is 5.27. The van der Waals surface area contributed by atoms with Gasteiger partial charge < -0.3 is 20.1 Å². The lowest BCUT2D eigenvalue weighted by Crippen LogP contribution is -2.43. The van der Waals surface area contributed by atoms with Gasteiger partial charge in [-0.15, -0.1) is 6.42 Å². The Hall–Kier alpha value is -3.30. The molecule has 1 aromatic heterocycles. The lowest BCUT2D eigenvalue weighted by molar-refractivity contribution is -0.138. The van der Waals surface area contributed by atoms with E-state index in [4.69, 9.17) is 15.9 Å². The summed E-state index contributed by atoms with van der Waals surface area (Å²) in [6.45, 7) is 1.80. The number of halogens is 5. The number of benzene rings is 1. The normalized spacial score (nSPS) is 18.1. The number of carbonyl (C=O) groups is 1. The highest BCUT2D eigenvalue weighted by Crippen LogP contribution is 2.41. The van der Waals surface area contributed by atoms with Crippen LogP contribution in [0.1, 0.15) is 53.1 Å². The van der Waals surface area contributed by atoms with Crippen molar-refractivity contribution in [1.82, 2.24) is 15.3 Å². The van der Waals surface area contributed by atoms with Crippen LogP contribution in [0.2, 0.25) is 0 Å². The first-order valence-electron chi connectivity index (χ1n) is 11.1. The third-order valence-corrected chi connectivity index (χ3v) is 6.19. The second-order valence-electron chi connectivity index (χ2n) is 8.60. The number of carbonyl (C=O) groups excluding carboxylic acids is 1. The second kappa shape index (κ2) is 9.99. The summed E-state index contributed by atoms with van der Waals surface area (Å²) in [6.07, 6.45) is -1.46. The minimum Gasteiger partial charge on any atom is -0.352 e. The predicted octanol–water partition coefficient (Wildman–Crippen LogP) is 4.09. The number of alkyl halides is 5. The highest BCUT2D eigenvalue weighted by Gasteiger charge is 2.52. The Morgan fingerprint density at radius 3 is 2.53 bits per heavy atom. The van der Waals surface area contributed by atoms with Crippen LogP contribution in [-0.4, -0.2) is 41.1 Å². The highest BCUT2D eigenvalue weighted by molar-refractivity contribution is 5.80. The minimum atomic E-state index is -4.57. The summed E-state index contributed by atoms with van der Waals surface area (Å²) < 4.78 is 77.9. The molecule has 4 rings (SSSR count). The monoisotopic (exact) mass is 510 g/mol. The molecule has 12 heteroatoms. The number of amides is 1. The molecule has 0 spiro atoms. The molecule has 1 amide bonds. The van der Waals surface area contributed by atoms with Crippen molar-refractivity contribution in [1.29, 1.82) is 0 Å². The molecular weight excluding hydrogens is 487 g/mol. The van der Waals surface area contributed by atoms with E-state index in [1.165, 1.54) is 19.1 Å². The number of aromatic nitrogens is 2. The standard InChI is InChI=1S/C24H23F5N4O3/c1-3-16(14-5-4-6-15(13(14)2)24(27,28)29)32-20-19(21-35-9-10-36-21)17(30-12-31-20)11-18(34)33-23(7-8-23)22(25)26/h1,4-6,12,16,21-22H,7-11H2,2H3,(H,33,34)(H,30,31,32)/t16-/m1/s1. The zero-order chi connectivity index (χ0) is 26.1. The molecule has 1 aliphatic carbocycles. The van der Waals surface area contributed by atoms with Gasteiger partial charge in [0.2, 0.25) is 5.91 Å². The smallest absolute Gasteiger partial charge is 0.352 e. The number of rotatable bonds is 8. The van der Waals surface area contributed by atoms with Crippen molar-refractivity contribution in [2.45, 2.75) is 56.7 Å². The molecule has 1 aliphatic heterocycles. The fourth-order valence-electron chi connectivity index (χ4n) is 4.09. The first-order chi connectivity index (χ1) is 17.1. The largest absolute Gasteiger partial charge is 0.416 e. The first kappa shape index (κ1) is 25.8. The van der Waals surface area contributed by atoms with E-state index in [1.807, 2.05) is 0 Å². The Morgan fingerprint density at radius 1 is 1.25 bits per heavy atom. The molecule has 0 radical (unpaired) electrons. The summed E-state index contributed by atoms with van der Waals surface area (Å²) in [6, 6.07) is 2.66. The van der Waals surface area contributed by atoms with Crippen molar-refractivity contribution in [3.63, 3.8) is 0 Å². The van der Waals surface area contributed by atoms with Gasteiger partial charge in [0.15, 0.2) is 6.29 Å². The fourth-order valence-corrected chi connectivity index (χ4v) is 4.09. The summed E-state index contributed by atoms with van der Waals surface area (Å²) >= 11 is 0. The number of ether oxygens (including phenoxy) is 2. The van der Waals surface area contributed by atoms with Crippen LogP contribution in [0, 0.1) is 19.3 Å². The molecule has 36 heavy (non-hydrogen) atoms. The minimum absolute atomic E-state index is 0.0502. The highest BCUT2D eigenvalue weighted by atomic mass is 19.4. The third-order valence-electron chi connectivity index (χ3n) is 6.19. The lowest BCUT2D eigenvalue weighted by Gasteiger charge is -2.23. The van der Waals surface area contributed by atoms with Crippen LogP contribution in [0.3, 0.4) is 0 Å². The summed E-state index contributed by atoms with van der Waals surface area (Å²) in [5.41, 5.74) is -1.82. The van der Waals surface area contributed by atoms with E-state index in [0.29, 0.717) is 0 Å². The van der Waals surface area contributed by atoms with Gasteiger partial charge in [-0.05, 0) is 37.0 Å². The Labute approximate surface area is 203 Å². The quantitative estimate of drug-likeness (QED) is 0.411. The van der Waals surface area contributed by atoms with Gasteiger partial charge in [0.05, 0.1) is 36.5 Å². The van der Waals surface area contributed by atoms with Gasteiger partial charge in [0.1, 0.15) is 23.7 Å². The number of nitrogens with zero attached hydrogens (tertiary/aromatic N) is 2. The maximum absolute atomic E-state index is 13.4. The topological polar surface area (TPSA) is 85.4 Å². The zero-order valence-electron chi connectivity index (χ0n) is 19.2. The number of anilines is 1. The SMILES string of the molecule is C#C[C@@H](Nc1ncnc(CC(=O)NC2(C(F)F)CC2)c1C1OCCO1)c1cccc(C(F)(F)F)c1C. The second-order valence-corrected chi connectivity index (χ2v) is 8.60. The number of terminal acetylenes is 1. The van der Waals surface area contributed by atoms with Crippen molar-refractivity contribution in [2.24, 2.45) is 0 Å². The fraction of sp³-hybridized carbons (Fsp3) is 0.458. The molecule has 2 aliphatic rings. The number of hydrogen-bond acceptors (Lipinski definition) is 6. The molecule has 192 valence electrons. The van der Waals surface area contributed by atoms with Crippen molar-refractivity contribution in [2.75, 3.05) is 18.5 Å². The Bertz CT molecular complexity index is 1170.